The third-order valence-electron chi connectivity index (χ3n) is 21.8. The van der Waals surface area contributed by atoms with E-state index in [1.165, 1.54) is 405 Å². The smallest absolute Gasteiger partial charge is 0.306 e. The number of rotatable bonds is 87. The van der Waals surface area contributed by atoms with Crippen LogP contribution in [0.5, 0.6) is 0 Å². The van der Waals surface area contributed by atoms with Crippen molar-refractivity contribution in [3.05, 3.63) is 0 Å². The largest absolute Gasteiger partial charge is 0.461 e. The normalized spacial score (nSPS) is 11.7. The monoisotopic (exact) mass is 1410 g/mol. The number of carbonyl (C=O) groups is 4. The first-order chi connectivity index (χ1) is 49.3. The molecule has 100 heavy (non-hydrogen) atoms. The van der Waals surface area contributed by atoms with Crippen molar-refractivity contribution in [2.24, 2.45) is 0 Å². The molecule has 0 aromatic carbocycles. The molecule has 0 aliphatic heterocycles. The van der Waals surface area contributed by atoms with Crippen molar-refractivity contribution in [2.75, 3.05) is 19.8 Å². The minimum atomic E-state index is -1.62. The van der Waals surface area contributed by atoms with E-state index in [2.05, 4.69) is 27.7 Å². The van der Waals surface area contributed by atoms with Gasteiger partial charge in [0, 0.05) is 25.7 Å². The molecule has 8 heteroatoms. The molecular weight excluding hydrogens is 1230 g/mol. The Balaban J connectivity index is 5.38. The summed E-state index contributed by atoms with van der Waals surface area (Å²) >= 11 is 0. The van der Waals surface area contributed by atoms with Crippen molar-refractivity contribution >= 4 is 23.9 Å². The Morgan fingerprint density at radius 1 is 0.160 bits per heavy atom. The van der Waals surface area contributed by atoms with Crippen LogP contribution in [0.1, 0.15) is 541 Å². The number of ether oxygens (including phenoxy) is 4. The zero-order valence-corrected chi connectivity index (χ0v) is 68.5. The van der Waals surface area contributed by atoms with Crippen LogP contribution in [0, 0.1) is 0 Å². The van der Waals surface area contributed by atoms with Gasteiger partial charge in [0.1, 0.15) is 19.8 Å². The molecular formula is C92H178O8. The first-order valence-electron chi connectivity index (χ1n) is 46.0. The summed E-state index contributed by atoms with van der Waals surface area (Å²) in [5.74, 6) is -1.54. The maximum Gasteiger partial charge on any atom is 0.306 e. The molecule has 0 atom stereocenters. The molecule has 0 aromatic heterocycles. The van der Waals surface area contributed by atoms with E-state index in [9.17, 15) is 19.2 Å². The third kappa shape index (κ3) is 78.5. The molecule has 0 radical (unpaired) electrons. The van der Waals surface area contributed by atoms with Crippen molar-refractivity contribution in [2.45, 2.75) is 547 Å². The summed E-state index contributed by atoms with van der Waals surface area (Å²) < 4.78 is 24.2. The molecule has 8 nitrogen and oxygen atoms in total. The number of unbranched alkanes of at least 4 members (excludes halogenated alkanes) is 72. The van der Waals surface area contributed by atoms with Crippen molar-refractivity contribution in [1.82, 2.24) is 0 Å². The fourth-order valence-corrected chi connectivity index (χ4v) is 14.7. The van der Waals surface area contributed by atoms with E-state index >= 15 is 0 Å². The minimum absolute atomic E-state index is 0.203. The van der Waals surface area contributed by atoms with Crippen LogP contribution in [0.2, 0.25) is 0 Å². The van der Waals surface area contributed by atoms with Gasteiger partial charge in [0.2, 0.25) is 5.60 Å². The molecule has 0 heterocycles. The van der Waals surface area contributed by atoms with E-state index in [0.29, 0.717) is 6.42 Å². The van der Waals surface area contributed by atoms with Crippen LogP contribution in [0.25, 0.3) is 0 Å². The molecule has 0 rings (SSSR count). The summed E-state index contributed by atoms with van der Waals surface area (Å²) in [6.45, 7) is 8.19. The highest BCUT2D eigenvalue weighted by Gasteiger charge is 2.40. The molecule has 0 N–H and O–H groups in total. The topological polar surface area (TPSA) is 105 Å². The van der Waals surface area contributed by atoms with Crippen LogP contribution in [0.3, 0.4) is 0 Å². The van der Waals surface area contributed by atoms with Gasteiger partial charge in [-0.1, -0.05) is 490 Å². The third-order valence-corrected chi connectivity index (χ3v) is 21.8. The van der Waals surface area contributed by atoms with Crippen LogP contribution in [-0.4, -0.2) is 49.3 Å². The Morgan fingerprint density at radius 3 is 0.400 bits per heavy atom. The second kappa shape index (κ2) is 84.1. The van der Waals surface area contributed by atoms with Gasteiger partial charge in [-0.3, -0.25) is 19.2 Å². The van der Waals surface area contributed by atoms with Gasteiger partial charge in [-0.2, -0.15) is 0 Å². The molecule has 0 aliphatic carbocycles. The fourth-order valence-electron chi connectivity index (χ4n) is 14.7. The van der Waals surface area contributed by atoms with Crippen molar-refractivity contribution in [3.63, 3.8) is 0 Å². The molecule has 594 valence electrons. The molecule has 0 unspecified atom stereocenters. The Kier molecular flexibility index (Phi) is 82.4. The molecule has 0 aromatic rings. The van der Waals surface area contributed by atoms with E-state index < -0.39 is 11.6 Å². The first-order valence-corrected chi connectivity index (χ1v) is 46.0. The van der Waals surface area contributed by atoms with E-state index in [1.807, 2.05) is 0 Å². The van der Waals surface area contributed by atoms with Gasteiger partial charge < -0.3 is 18.9 Å². The van der Waals surface area contributed by atoms with Gasteiger partial charge in [-0.15, -0.1) is 0 Å². The Labute approximate surface area is 625 Å². The van der Waals surface area contributed by atoms with Crippen molar-refractivity contribution in [1.29, 1.82) is 0 Å². The standard InChI is InChI=1S/C92H178O8/c1-5-9-13-17-21-25-29-33-37-41-45-49-53-57-61-65-69-73-77-81-88(93)97-85-92(100-91(96)84-80-76-72-68-64-60-56-52-48-44-40-36-32-28-24-20-16-12-8-4,86-98-89(94)82-78-74-70-66-62-58-54-50-46-42-38-34-30-26-22-18-14-10-6-2)87-99-90(95)83-79-75-71-67-63-59-55-51-47-43-39-35-31-27-23-19-15-11-7-3/h5-87H2,1-4H3. The zero-order chi connectivity index (χ0) is 72.3. The predicted octanol–water partition coefficient (Wildman–Crippen LogP) is 31.2. The molecule has 0 saturated carbocycles. The van der Waals surface area contributed by atoms with E-state index in [-0.39, 0.29) is 63.4 Å². The van der Waals surface area contributed by atoms with E-state index in [0.717, 1.165) is 77.0 Å². The summed E-state index contributed by atoms with van der Waals surface area (Å²) in [4.78, 5) is 54.4. The highest BCUT2D eigenvalue weighted by molar-refractivity contribution is 5.72. The Bertz CT molecular complexity index is 1490. The second-order valence-corrected chi connectivity index (χ2v) is 32.1. The lowest BCUT2D eigenvalue weighted by Gasteiger charge is -2.32. The number of esters is 4. The zero-order valence-electron chi connectivity index (χ0n) is 68.5. The second-order valence-electron chi connectivity index (χ2n) is 32.1. The maximum absolute atomic E-state index is 13.9. The van der Waals surface area contributed by atoms with Gasteiger partial charge in [-0.25, -0.2) is 0 Å². The molecule has 0 fully saturated rings. The number of hydrogen-bond acceptors (Lipinski definition) is 8. The lowest BCUT2D eigenvalue weighted by molar-refractivity contribution is -0.196. The first kappa shape index (κ1) is 97.9. The Morgan fingerprint density at radius 2 is 0.270 bits per heavy atom. The predicted molar refractivity (Wildman–Crippen MR) is 434 cm³/mol. The van der Waals surface area contributed by atoms with Gasteiger partial charge >= 0.3 is 23.9 Å². The quantitative estimate of drug-likeness (QED) is 0.0337. The molecule has 0 amide bonds. The molecule has 0 saturated heterocycles. The molecule has 0 aliphatic rings. The molecule has 0 bridgehead atoms. The maximum atomic E-state index is 13.9. The SMILES string of the molecule is CCCCCCCCCCCCCCCCCCCCCC(=O)OCC(COC(=O)CCCCCCCCCCCCCCCCCCCCC)(COC(=O)CCCCCCCCCCCCCCCCCCCCC)OC(=O)CCCCCCCCCCCCCCCCCCCCC. The van der Waals surface area contributed by atoms with Crippen LogP contribution >= 0.6 is 0 Å². The van der Waals surface area contributed by atoms with Crippen molar-refractivity contribution in [3.8, 4) is 0 Å². The summed E-state index contributed by atoms with van der Waals surface area (Å²) in [5, 5.41) is 0. The van der Waals surface area contributed by atoms with E-state index in [1.54, 1.807) is 0 Å². The van der Waals surface area contributed by atoms with Crippen molar-refractivity contribution < 1.29 is 38.1 Å². The van der Waals surface area contributed by atoms with Crippen LogP contribution in [-0.2, 0) is 38.1 Å². The highest BCUT2D eigenvalue weighted by Crippen LogP contribution is 2.24. The van der Waals surface area contributed by atoms with Crippen LogP contribution < -0.4 is 0 Å². The van der Waals surface area contributed by atoms with Gasteiger partial charge in [0.05, 0.1) is 0 Å². The highest BCUT2D eigenvalue weighted by atomic mass is 16.6. The average molecular weight is 1410 g/mol. The Hall–Kier alpha value is -2.12. The van der Waals surface area contributed by atoms with Gasteiger partial charge in [-0.05, 0) is 25.7 Å². The van der Waals surface area contributed by atoms with Gasteiger partial charge in [0.25, 0.3) is 0 Å². The van der Waals surface area contributed by atoms with E-state index in [4.69, 9.17) is 18.9 Å². The average Bonchev–Trinajstić information content (AvgIpc) is 0.851. The van der Waals surface area contributed by atoms with Gasteiger partial charge in [0.15, 0.2) is 0 Å². The fraction of sp³-hybridized carbons (Fsp3) is 0.957. The summed E-state index contributed by atoms with van der Waals surface area (Å²) in [6.07, 6.45) is 98.8. The summed E-state index contributed by atoms with van der Waals surface area (Å²) in [7, 11) is 0. The van der Waals surface area contributed by atoms with Crippen LogP contribution in [0.4, 0.5) is 0 Å². The summed E-state index contributed by atoms with van der Waals surface area (Å²) in [6, 6.07) is 0. The minimum Gasteiger partial charge on any atom is -0.461 e. The summed E-state index contributed by atoms with van der Waals surface area (Å²) in [5.41, 5.74) is -1.62. The lowest BCUT2D eigenvalue weighted by atomic mass is 10.0. The number of carbonyl (C=O) groups excluding carboxylic acids is 4. The van der Waals surface area contributed by atoms with Crippen LogP contribution in [0.15, 0.2) is 0 Å². The lowest BCUT2D eigenvalue weighted by Crippen LogP contribution is -2.50. The number of hydrogen-bond donors (Lipinski definition) is 0. The molecule has 0 spiro atoms.